The monoisotopic (exact) mass is 308 g/mol. The molecule has 0 saturated carbocycles. The van der Waals surface area contributed by atoms with Crippen molar-refractivity contribution < 1.29 is 4.74 Å². The van der Waals surface area contributed by atoms with Crippen LogP contribution in [0.5, 0.6) is 5.75 Å². The van der Waals surface area contributed by atoms with Crippen LogP contribution >= 0.6 is 0 Å². The van der Waals surface area contributed by atoms with Gasteiger partial charge in [-0.1, -0.05) is 56.9 Å². The molecule has 0 aliphatic carbocycles. The van der Waals surface area contributed by atoms with Crippen LogP contribution < -0.4 is 4.74 Å². The Hall–Kier alpha value is -2.29. The quantitative estimate of drug-likeness (QED) is 0.552. The Balaban J connectivity index is 1.70. The number of hydrogen-bond acceptors (Lipinski definition) is 2. The molecule has 3 aromatic rings. The first-order chi connectivity index (χ1) is 11.4. The third kappa shape index (κ3) is 3.92. The first-order valence-corrected chi connectivity index (χ1v) is 8.55. The van der Waals surface area contributed by atoms with Crippen molar-refractivity contribution in [2.45, 2.75) is 39.0 Å². The van der Waals surface area contributed by atoms with Crippen molar-refractivity contribution in [3.63, 3.8) is 0 Å². The van der Waals surface area contributed by atoms with Crippen LogP contribution in [-0.2, 0) is 0 Å². The van der Waals surface area contributed by atoms with Gasteiger partial charge in [0.05, 0.1) is 23.2 Å². The molecule has 3 rings (SSSR count). The van der Waals surface area contributed by atoms with Crippen molar-refractivity contribution in [3.8, 4) is 17.1 Å². The number of H-pyrrole nitrogens is 1. The van der Waals surface area contributed by atoms with Gasteiger partial charge >= 0.3 is 0 Å². The maximum Gasteiger partial charge on any atom is 0.142 e. The van der Waals surface area contributed by atoms with Crippen molar-refractivity contribution in [2.75, 3.05) is 6.61 Å². The summed E-state index contributed by atoms with van der Waals surface area (Å²) >= 11 is 0. The molecule has 0 spiro atoms. The van der Waals surface area contributed by atoms with E-state index in [0.717, 1.165) is 41.2 Å². The van der Waals surface area contributed by atoms with E-state index >= 15 is 0 Å². The fourth-order valence-corrected chi connectivity index (χ4v) is 2.76. The second kappa shape index (κ2) is 7.82. The number of unbranched alkanes of at least 4 members (excludes halogenated alkanes) is 4. The van der Waals surface area contributed by atoms with Gasteiger partial charge in [-0.2, -0.15) is 0 Å². The lowest BCUT2D eigenvalue weighted by Gasteiger charge is -2.09. The smallest absolute Gasteiger partial charge is 0.142 e. The lowest BCUT2D eigenvalue weighted by Crippen LogP contribution is -1.99. The van der Waals surface area contributed by atoms with Gasteiger partial charge in [-0.3, -0.25) is 0 Å². The van der Waals surface area contributed by atoms with E-state index in [2.05, 4.69) is 23.0 Å². The molecule has 1 N–H and O–H groups in total. The van der Waals surface area contributed by atoms with Crippen molar-refractivity contribution in [2.24, 2.45) is 0 Å². The van der Waals surface area contributed by atoms with E-state index < -0.39 is 0 Å². The molecule has 0 aliphatic heterocycles. The van der Waals surface area contributed by atoms with Crippen LogP contribution in [0.2, 0.25) is 0 Å². The molecular formula is C20H24N2O. The standard InChI is InChI=1S/C20H24N2O/c1-2-3-4-5-10-15-23-19-14-9-6-11-16(19)20-21-17-12-7-8-13-18(17)22-20/h6-9,11-14H,2-5,10,15H2,1H3,(H,21,22). The van der Waals surface area contributed by atoms with Crippen LogP contribution in [0, 0.1) is 0 Å². The van der Waals surface area contributed by atoms with Gasteiger partial charge in [-0.05, 0) is 30.7 Å². The molecule has 0 fully saturated rings. The molecule has 0 saturated heterocycles. The first-order valence-electron chi connectivity index (χ1n) is 8.55. The van der Waals surface area contributed by atoms with Crippen molar-refractivity contribution in [1.82, 2.24) is 9.97 Å². The number of para-hydroxylation sites is 3. The van der Waals surface area contributed by atoms with Gasteiger partial charge in [0.2, 0.25) is 0 Å². The maximum absolute atomic E-state index is 6.01. The molecule has 1 aromatic heterocycles. The number of benzene rings is 2. The van der Waals surface area contributed by atoms with Crippen molar-refractivity contribution in [3.05, 3.63) is 48.5 Å². The summed E-state index contributed by atoms with van der Waals surface area (Å²) in [6.07, 6.45) is 6.23. The van der Waals surface area contributed by atoms with Gasteiger partial charge in [0.15, 0.2) is 0 Å². The summed E-state index contributed by atoms with van der Waals surface area (Å²) in [6, 6.07) is 16.2. The Labute approximate surface area is 137 Å². The van der Waals surface area contributed by atoms with Gasteiger partial charge in [0.25, 0.3) is 0 Å². The lowest BCUT2D eigenvalue weighted by molar-refractivity contribution is 0.305. The predicted octanol–water partition coefficient (Wildman–Crippen LogP) is 5.58. The van der Waals surface area contributed by atoms with Gasteiger partial charge in [-0.15, -0.1) is 0 Å². The number of aromatic amines is 1. The second-order valence-corrected chi connectivity index (χ2v) is 5.86. The minimum atomic E-state index is 0.765. The highest BCUT2D eigenvalue weighted by Crippen LogP contribution is 2.29. The van der Waals surface area contributed by atoms with E-state index in [-0.39, 0.29) is 0 Å². The van der Waals surface area contributed by atoms with E-state index in [4.69, 9.17) is 4.74 Å². The summed E-state index contributed by atoms with van der Waals surface area (Å²) in [5, 5.41) is 0. The zero-order chi connectivity index (χ0) is 15.9. The first kappa shape index (κ1) is 15.6. The number of nitrogens with one attached hydrogen (secondary N) is 1. The van der Waals surface area contributed by atoms with E-state index in [1.807, 2.05) is 42.5 Å². The summed E-state index contributed by atoms with van der Waals surface area (Å²) in [4.78, 5) is 8.06. The maximum atomic E-state index is 6.01. The number of aromatic nitrogens is 2. The molecule has 1 heterocycles. The summed E-state index contributed by atoms with van der Waals surface area (Å²) < 4.78 is 6.01. The number of ether oxygens (including phenoxy) is 1. The van der Waals surface area contributed by atoms with E-state index in [0.29, 0.717) is 0 Å². The predicted molar refractivity (Wildman–Crippen MR) is 95.8 cm³/mol. The average Bonchev–Trinajstić information content (AvgIpc) is 3.02. The number of imidazole rings is 1. The third-order valence-corrected chi connectivity index (χ3v) is 4.04. The van der Waals surface area contributed by atoms with Crippen molar-refractivity contribution in [1.29, 1.82) is 0 Å². The summed E-state index contributed by atoms with van der Waals surface area (Å²) in [5.74, 6) is 1.77. The fourth-order valence-electron chi connectivity index (χ4n) is 2.76. The van der Waals surface area contributed by atoms with Crippen LogP contribution in [-0.4, -0.2) is 16.6 Å². The molecule has 3 nitrogen and oxygen atoms in total. The Morgan fingerprint density at radius 1 is 0.913 bits per heavy atom. The van der Waals surface area contributed by atoms with Crippen LogP contribution in [0.15, 0.2) is 48.5 Å². The highest BCUT2D eigenvalue weighted by atomic mass is 16.5. The number of fused-ring (bicyclic) bond motifs is 1. The van der Waals surface area contributed by atoms with Crippen LogP contribution in [0.25, 0.3) is 22.4 Å². The molecular weight excluding hydrogens is 284 g/mol. The van der Waals surface area contributed by atoms with E-state index in [9.17, 15) is 0 Å². The van der Waals surface area contributed by atoms with Gasteiger partial charge < -0.3 is 9.72 Å². The molecule has 0 amide bonds. The van der Waals surface area contributed by atoms with Crippen LogP contribution in [0.3, 0.4) is 0 Å². The van der Waals surface area contributed by atoms with Gasteiger partial charge in [0, 0.05) is 0 Å². The normalized spacial score (nSPS) is 11.0. The van der Waals surface area contributed by atoms with Gasteiger partial charge in [0.1, 0.15) is 11.6 Å². The molecule has 120 valence electrons. The summed E-state index contributed by atoms with van der Waals surface area (Å²) in [7, 11) is 0. The molecule has 0 unspecified atom stereocenters. The van der Waals surface area contributed by atoms with E-state index in [1.54, 1.807) is 0 Å². The van der Waals surface area contributed by atoms with Crippen LogP contribution in [0.1, 0.15) is 39.0 Å². The zero-order valence-corrected chi connectivity index (χ0v) is 13.7. The average molecular weight is 308 g/mol. The Kier molecular flexibility index (Phi) is 5.30. The van der Waals surface area contributed by atoms with E-state index in [1.165, 1.54) is 25.7 Å². The minimum absolute atomic E-state index is 0.765. The molecule has 0 bridgehead atoms. The van der Waals surface area contributed by atoms with Crippen LogP contribution in [0.4, 0.5) is 0 Å². The van der Waals surface area contributed by atoms with Gasteiger partial charge in [-0.25, -0.2) is 4.98 Å². The minimum Gasteiger partial charge on any atom is -0.493 e. The lowest BCUT2D eigenvalue weighted by atomic mass is 10.1. The molecule has 23 heavy (non-hydrogen) atoms. The largest absolute Gasteiger partial charge is 0.493 e. The number of hydrogen-bond donors (Lipinski definition) is 1. The Bertz CT molecular complexity index is 715. The Morgan fingerprint density at radius 3 is 2.57 bits per heavy atom. The summed E-state index contributed by atoms with van der Waals surface area (Å²) in [6.45, 7) is 3.00. The molecule has 0 atom stereocenters. The highest BCUT2D eigenvalue weighted by Gasteiger charge is 2.10. The topological polar surface area (TPSA) is 37.9 Å². The van der Waals surface area contributed by atoms with Crippen molar-refractivity contribution >= 4 is 11.0 Å². The molecule has 2 aromatic carbocycles. The molecule has 3 heteroatoms. The molecule has 0 radical (unpaired) electrons. The fraction of sp³-hybridized carbons (Fsp3) is 0.350. The SMILES string of the molecule is CCCCCCCOc1ccccc1-c1nc2ccccc2[nH]1. The number of nitrogens with zero attached hydrogens (tertiary/aromatic N) is 1. The third-order valence-electron chi connectivity index (χ3n) is 4.04. The Morgan fingerprint density at radius 2 is 1.70 bits per heavy atom. The summed E-state index contributed by atoms with van der Waals surface area (Å²) in [5.41, 5.74) is 3.06. The zero-order valence-electron chi connectivity index (χ0n) is 13.7. The number of rotatable bonds is 8. The second-order valence-electron chi connectivity index (χ2n) is 5.86. The highest BCUT2D eigenvalue weighted by molar-refractivity contribution is 5.80. The molecule has 0 aliphatic rings.